The third kappa shape index (κ3) is 2.00. The van der Waals surface area contributed by atoms with Gasteiger partial charge in [-0.2, -0.15) is 5.10 Å². The molecule has 0 unspecified atom stereocenters. The summed E-state index contributed by atoms with van der Waals surface area (Å²) in [4.78, 5) is 23.7. The molecule has 1 aromatic carbocycles. The normalized spacial score (nSPS) is 10.7. The van der Waals surface area contributed by atoms with Gasteiger partial charge in [0.25, 0.3) is 5.56 Å². The summed E-state index contributed by atoms with van der Waals surface area (Å²) < 4.78 is 4.73. The fraction of sp³-hybridized carbons (Fsp3) is 0.308. The molecular weight excluding hydrogens is 248 g/mol. The first kappa shape index (κ1) is 13.2. The Morgan fingerprint density at radius 3 is 2.74 bits per heavy atom. The Morgan fingerprint density at radius 1 is 1.47 bits per heavy atom. The number of nitrogens with zero attached hydrogens (tertiary/aromatic N) is 1. The van der Waals surface area contributed by atoms with Gasteiger partial charge < -0.3 is 9.84 Å². The first-order valence-electron chi connectivity index (χ1n) is 5.71. The van der Waals surface area contributed by atoms with E-state index in [9.17, 15) is 14.7 Å². The average molecular weight is 262 g/mol. The lowest BCUT2D eigenvalue weighted by atomic mass is 9.96. The Bertz CT molecular complexity index is 719. The van der Waals surface area contributed by atoms with Gasteiger partial charge in [-0.1, -0.05) is 0 Å². The smallest absolute Gasteiger partial charge is 0.338 e. The molecule has 0 spiro atoms. The van der Waals surface area contributed by atoms with E-state index < -0.39 is 11.5 Å². The van der Waals surface area contributed by atoms with Crippen LogP contribution in [0.15, 0.2) is 10.9 Å². The van der Waals surface area contributed by atoms with E-state index in [-0.39, 0.29) is 6.61 Å². The number of aromatic nitrogens is 2. The van der Waals surface area contributed by atoms with Gasteiger partial charge in [0.05, 0.1) is 30.4 Å². The van der Waals surface area contributed by atoms with Crippen LogP contribution in [0.2, 0.25) is 0 Å². The van der Waals surface area contributed by atoms with Gasteiger partial charge in [-0.05, 0) is 31.0 Å². The number of aromatic amines is 1. The molecule has 2 N–H and O–H groups in total. The van der Waals surface area contributed by atoms with Crippen molar-refractivity contribution in [1.29, 1.82) is 0 Å². The van der Waals surface area contributed by atoms with E-state index in [0.717, 1.165) is 0 Å². The van der Waals surface area contributed by atoms with Crippen LogP contribution in [0.5, 0.6) is 0 Å². The van der Waals surface area contributed by atoms with Gasteiger partial charge in [0, 0.05) is 5.39 Å². The van der Waals surface area contributed by atoms with E-state index in [1.807, 2.05) is 0 Å². The van der Waals surface area contributed by atoms with Crippen molar-refractivity contribution in [1.82, 2.24) is 10.2 Å². The number of H-pyrrole nitrogens is 1. The van der Waals surface area contributed by atoms with Crippen LogP contribution in [0.4, 0.5) is 0 Å². The summed E-state index contributed by atoms with van der Waals surface area (Å²) in [6, 6.07) is 1.67. The molecule has 0 aliphatic heterocycles. The molecule has 2 aromatic rings. The highest BCUT2D eigenvalue weighted by molar-refractivity contribution is 6.00. The van der Waals surface area contributed by atoms with Gasteiger partial charge in [-0.15, -0.1) is 0 Å². The average Bonchev–Trinajstić information content (AvgIpc) is 2.38. The van der Waals surface area contributed by atoms with E-state index in [1.54, 1.807) is 19.9 Å². The maximum absolute atomic E-state index is 11.9. The van der Waals surface area contributed by atoms with Crippen molar-refractivity contribution in [3.63, 3.8) is 0 Å². The third-order valence-corrected chi connectivity index (χ3v) is 3.14. The highest BCUT2D eigenvalue weighted by atomic mass is 16.5. The molecule has 100 valence electrons. The summed E-state index contributed by atoms with van der Waals surface area (Å²) in [6.07, 6.45) is 0. The van der Waals surface area contributed by atoms with Crippen molar-refractivity contribution in [2.24, 2.45) is 0 Å². The van der Waals surface area contributed by atoms with Gasteiger partial charge >= 0.3 is 5.97 Å². The lowest BCUT2D eigenvalue weighted by Gasteiger charge is -2.12. The van der Waals surface area contributed by atoms with Gasteiger partial charge in [-0.25, -0.2) is 9.89 Å². The van der Waals surface area contributed by atoms with Crippen molar-refractivity contribution in [3.05, 3.63) is 38.8 Å². The second kappa shape index (κ2) is 4.81. The number of carbonyl (C=O) groups excluding carboxylic acids is 1. The van der Waals surface area contributed by atoms with Crippen LogP contribution in [-0.2, 0) is 11.3 Å². The Hall–Kier alpha value is -2.21. The zero-order valence-electron chi connectivity index (χ0n) is 10.9. The summed E-state index contributed by atoms with van der Waals surface area (Å²) in [5.41, 5.74) is 1.56. The maximum atomic E-state index is 11.9. The number of fused-ring (bicyclic) bond motifs is 1. The van der Waals surface area contributed by atoms with Gasteiger partial charge in [0.1, 0.15) is 0 Å². The second-order valence-corrected chi connectivity index (χ2v) is 4.27. The fourth-order valence-corrected chi connectivity index (χ4v) is 2.27. The van der Waals surface area contributed by atoms with Crippen molar-refractivity contribution >= 4 is 16.7 Å². The minimum Gasteiger partial charge on any atom is -0.465 e. The molecule has 0 radical (unpaired) electrons. The van der Waals surface area contributed by atoms with Crippen LogP contribution in [-0.4, -0.2) is 28.4 Å². The summed E-state index contributed by atoms with van der Waals surface area (Å²) >= 11 is 0. The first-order valence-corrected chi connectivity index (χ1v) is 5.71. The Labute approximate surface area is 109 Å². The quantitative estimate of drug-likeness (QED) is 0.782. The number of esters is 1. The molecule has 0 aliphatic carbocycles. The van der Waals surface area contributed by atoms with Gasteiger partial charge in [0.15, 0.2) is 0 Å². The molecule has 0 aliphatic rings. The standard InChI is InChI=1S/C13H14N2O4/c1-6-4-8-9(5-16)14-15-12(17)11(8)7(2)10(6)13(18)19-3/h4,16H,5H2,1-3H3,(H,15,17). The first-order chi connectivity index (χ1) is 9.01. The SMILES string of the molecule is COC(=O)c1c(C)cc2c(CO)n[nH]c(=O)c2c1C. The molecule has 0 saturated carbocycles. The van der Waals surface area contributed by atoms with Crippen molar-refractivity contribution in [3.8, 4) is 0 Å². The molecule has 6 heteroatoms. The molecule has 19 heavy (non-hydrogen) atoms. The van der Waals surface area contributed by atoms with Crippen molar-refractivity contribution in [2.45, 2.75) is 20.5 Å². The molecule has 0 bridgehead atoms. The molecule has 0 amide bonds. The van der Waals surface area contributed by atoms with Crippen LogP contribution in [0.1, 0.15) is 27.2 Å². The van der Waals surface area contributed by atoms with Crippen LogP contribution in [0.3, 0.4) is 0 Å². The zero-order valence-corrected chi connectivity index (χ0v) is 10.9. The van der Waals surface area contributed by atoms with Crippen LogP contribution < -0.4 is 5.56 Å². The molecule has 0 fully saturated rings. The van der Waals surface area contributed by atoms with E-state index >= 15 is 0 Å². The number of benzene rings is 1. The summed E-state index contributed by atoms with van der Waals surface area (Å²) in [5.74, 6) is -0.487. The third-order valence-electron chi connectivity index (χ3n) is 3.14. The van der Waals surface area contributed by atoms with Crippen molar-refractivity contribution in [2.75, 3.05) is 7.11 Å². The molecular formula is C13H14N2O4. The van der Waals surface area contributed by atoms with Crippen LogP contribution in [0.25, 0.3) is 10.8 Å². The van der Waals surface area contributed by atoms with Crippen molar-refractivity contribution < 1.29 is 14.6 Å². The monoisotopic (exact) mass is 262 g/mol. The predicted molar refractivity (Wildman–Crippen MR) is 69.1 cm³/mol. The number of aryl methyl sites for hydroxylation is 2. The number of rotatable bonds is 2. The van der Waals surface area contributed by atoms with E-state index in [2.05, 4.69) is 10.2 Å². The second-order valence-electron chi connectivity index (χ2n) is 4.27. The molecule has 0 saturated heterocycles. The topological polar surface area (TPSA) is 92.3 Å². The number of methoxy groups -OCH3 is 1. The number of nitrogens with one attached hydrogen (secondary N) is 1. The van der Waals surface area contributed by atoms with Gasteiger partial charge in [0.2, 0.25) is 0 Å². The highest BCUT2D eigenvalue weighted by Crippen LogP contribution is 2.24. The Morgan fingerprint density at radius 2 is 2.16 bits per heavy atom. The number of carbonyl (C=O) groups is 1. The molecule has 2 rings (SSSR count). The lowest BCUT2D eigenvalue weighted by molar-refractivity contribution is 0.0599. The highest BCUT2D eigenvalue weighted by Gasteiger charge is 2.19. The predicted octanol–water partition coefficient (Wildman–Crippen LogP) is 0.819. The largest absolute Gasteiger partial charge is 0.465 e. The minimum absolute atomic E-state index is 0.288. The fourth-order valence-electron chi connectivity index (χ4n) is 2.27. The Kier molecular flexibility index (Phi) is 3.35. The number of hydrogen-bond acceptors (Lipinski definition) is 5. The molecule has 1 aromatic heterocycles. The summed E-state index contributed by atoms with van der Waals surface area (Å²) in [6.45, 7) is 3.14. The van der Waals surface area contributed by atoms with E-state index in [0.29, 0.717) is 33.2 Å². The number of hydrogen-bond donors (Lipinski definition) is 2. The molecule has 6 nitrogen and oxygen atoms in total. The van der Waals surface area contributed by atoms with E-state index in [4.69, 9.17) is 4.74 Å². The maximum Gasteiger partial charge on any atom is 0.338 e. The number of ether oxygens (including phenoxy) is 1. The van der Waals surface area contributed by atoms with E-state index in [1.165, 1.54) is 7.11 Å². The number of aliphatic hydroxyl groups is 1. The lowest BCUT2D eigenvalue weighted by Crippen LogP contribution is -2.16. The van der Waals surface area contributed by atoms with Crippen LogP contribution >= 0.6 is 0 Å². The summed E-state index contributed by atoms with van der Waals surface area (Å²) in [5, 5.41) is 16.3. The Balaban J connectivity index is 2.96. The minimum atomic E-state index is -0.487. The number of aliphatic hydroxyl groups excluding tert-OH is 1. The van der Waals surface area contributed by atoms with Crippen LogP contribution in [0, 0.1) is 13.8 Å². The van der Waals surface area contributed by atoms with Gasteiger partial charge in [-0.3, -0.25) is 4.79 Å². The summed E-state index contributed by atoms with van der Waals surface area (Å²) in [7, 11) is 1.29. The molecule has 1 heterocycles. The zero-order chi connectivity index (χ0) is 14.2. The molecule has 0 atom stereocenters.